The van der Waals surface area contributed by atoms with Crippen LogP contribution in [0, 0.1) is 0 Å². The van der Waals surface area contributed by atoms with E-state index in [0.717, 1.165) is 31.5 Å². The van der Waals surface area contributed by atoms with Gasteiger partial charge in [0.05, 0.1) is 5.69 Å². The average Bonchev–Trinajstić information content (AvgIpc) is 2.29. The first-order chi connectivity index (χ1) is 7.79. The van der Waals surface area contributed by atoms with Gasteiger partial charge in [0, 0.05) is 19.2 Å². The zero-order valence-electron chi connectivity index (χ0n) is 9.22. The summed E-state index contributed by atoms with van der Waals surface area (Å²) in [6.07, 6.45) is 4.61. The number of hydrogen-bond acceptors (Lipinski definition) is 4. The van der Waals surface area contributed by atoms with E-state index >= 15 is 0 Å². The second-order valence-corrected chi connectivity index (χ2v) is 3.60. The van der Waals surface area contributed by atoms with Crippen LogP contribution in [0.4, 0.5) is 0 Å². The summed E-state index contributed by atoms with van der Waals surface area (Å²) in [6, 6.07) is 3.78. The minimum Gasteiger partial charge on any atom is -0.481 e. The molecule has 0 aromatic carbocycles. The lowest BCUT2D eigenvalue weighted by molar-refractivity contribution is -0.137. The molecule has 88 valence electrons. The summed E-state index contributed by atoms with van der Waals surface area (Å²) in [6.45, 7) is 1.60. The molecule has 0 saturated heterocycles. The van der Waals surface area contributed by atoms with E-state index < -0.39 is 5.97 Å². The molecule has 2 N–H and O–H groups in total. The molecule has 0 amide bonds. The molecule has 0 bridgehead atoms. The zero-order chi connectivity index (χ0) is 11.6. The maximum Gasteiger partial charge on any atom is 0.303 e. The van der Waals surface area contributed by atoms with Gasteiger partial charge in [0.1, 0.15) is 0 Å². The quantitative estimate of drug-likeness (QED) is 0.648. The molecule has 5 nitrogen and oxygen atoms in total. The van der Waals surface area contributed by atoms with Crippen LogP contribution in [0.5, 0.6) is 0 Å². The summed E-state index contributed by atoms with van der Waals surface area (Å²) >= 11 is 0. The predicted molar refractivity (Wildman–Crippen MR) is 59.8 cm³/mol. The summed E-state index contributed by atoms with van der Waals surface area (Å²) < 4.78 is 0. The number of unbranched alkanes of at least 4 members (excludes halogenated alkanes) is 2. The molecule has 0 spiro atoms. The molecule has 0 fully saturated rings. The average molecular weight is 223 g/mol. The van der Waals surface area contributed by atoms with Gasteiger partial charge in [-0.15, -0.1) is 0 Å². The summed E-state index contributed by atoms with van der Waals surface area (Å²) in [5, 5.41) is 19.4. The van der Waals surface area contributed by atoms with Crippen LogP contribution in [0.1, 0.15) is 31.4 Å². The van der Waals surface area contributed by atoms with E-state index in [4.69, 9.17) is 5.11 Å². The third-order valence-corrected chi connectivity index (χ3v) is 2.18. The first kappa shape index (κ1) is 12.6. The van der Waals surface area contributed by atoms with Gasteiger partial charge in [-0.1, -0.05) is 6.42 Å². The number of carbonyl (C=O) groups is 1. The normalized spacial score (nSPS) is 10.2. The van der Waals surface area contributed by atoms with Gasteiger partial charge in [-0.2, -0.15) is 10.2 Å². The van der Waals surface area contributed by atoms with Crippen molar-refractivity contribution in [1.82, 2.24) is 15.5 Å². The molecular formula is C11H17N3O2. The molecule has 0 aliphatic heterocycles. The van der Waals surface area contributed by atoms with E-state index in [9.17, 15) is 4.79 Å². The Morgan fingerprint density at radius 2 is 2.25 bits per heavy atom. The molecule has 5 heteroatoms. The summed E-state index contributed by atoms with van der Waals surface area (Å²) in [5.74, 6) is -0.715. The van der Waals surface area contributed by atoms with Gasteiger partial charge in [0.15, 0.2) is 0 Å². The number of aliphatic carboxylic acids is 1. The van der Waals surface area contributed by atoms with Crippen molar-refractivity contribution < 1.29 is 9.90 Å². The van der Waals surface area contributed by atoms with Crippen molar-refractivity contribution in [1.29, 1.82) is 0 Å². The molecule has 0 aliphatic carbocycles. The number of carboxylic acids is 1. The highest BCUT2D eigenvalue weighted by Gasteiger charge is 1.96. The van der Waals surface area contributed by atoms with Gasteiger partial charge >= 0.3 is 5.97 Å². The molecule has 0 unspecified atom stereocenters. The second-order valence-electron chi connectivity index (χ2n) is 3.60. The minimum atomic E-state index is -0.715. The van der Waals surface area contributed by atoms with Crippen molar-refractivity contribution in [3.63, 3.8) is 0 Å². The number of nitrogens with zero attached hydrogens (tertiary/aromatic N) is 2. The lowest BCUT2D eigenvalue weighted by Gasteiger charge is -2.02. The van der Waals surface area contributed by atoms with Crippen LogP contribution < -0.4 is 5.32 Å². The first-order valence-electron chi connectivity index (χ1n) is 5.48. The van der Waals surface area contributed by atoms with Crippen LogP contribution in [0.25, 0.3) is 0 Å². The van der Waals surface area contributed by atoms with Crippen LogP contribution in [0.15, 0.2) is 18.3 Å². The largest absolute Gasteiger partial charge is 0.481 e. The lowest BCUT2D eigenvalue weighted by Crippen LogP contribution is -2.15. The van der Waals surface area contributed by atoms with Crippen molar-refractivity contribution in [2.45, 2.75) is 32.2 Å². The predicted octanol–water partition coefficient (Wildman–Crippen LogP) is 1.21. The first-order valence-corrected chi connectivity index (χ1v) is 5.48. The Labute approximate surface area is 94.9 Å². The number of aromatic nitrogens is 2. The number of carboxylic acid groups (broad SMARTS) is 1. The molecule has 16 heavy (non-hydrogen) atoms. The Morgan fingerprint density at radius 1 is 1.38 bits per heavy atom. The Bertz CT molecular complexity index is 303. The SMILES string of the molecule is O=C(O)CCCCCNCc1cccnn1. The molecule has 0 atom stereocenters. The summed E-state index contributed by atoms with van der Waals surface area (Å²) in [4.78, 5) is 10.2. The van der Waals surface area contributed by atoms with Crippen LogP contribution in [0.2, 0.25) is 0 Å². The third-order valence-electron chi connectivity index (χ3n) is 2.18. The van der Waals surface area contributed by atoms with Gasteiger partial charge < -0.3 is 10.4 Å². The smallest absolute Gasteiger partial charge is 0.303 e. The van der Waals surface area contributed by atoms with Crippen molar-refractivity contribution in [2.24, 2.45) is 0 Å². The maximum atomic E-state index is 10.2. The fourth-order valence-electron chi connectivity index (χ4n) is 1.35. The van der Waals surface area contributed by atoms with Crippen molar-refractivity contribution >= 4 is 5.97 Å². The Balaban J connectivity index is 1.94. The Hall–Kier alpha value is -1.49. The molecule has 0 radical (unpaired) electrons. The van der Waals surface area contributed by atoms with Crippen LogP contribution in [-0.2, 0) is 11.3 Å². The maximum absolute atomic E-state index is 10.2. The number of rotatable bonds is 8. The second kappa shape index (κ2) is 7.76. The Kier molecular flexibility index (Phi) is 6.10. The van der Waals surface area contributed by atoms with Crippen LogP contribution >= 0.6 is 0 Å². The standard InChI is InChI=1S/C11H17N3O2/c15-11(16)6-2-1-3-7-12-9-10-5-4-8-13-14-10/h4-5,8,12H,1-3,6-7,9H2,(H,15,16). The van der Waals surface area contributed by atoms with Gasteiger partial charge in [0.2, 0.25) is 0 Å². The molecule has 0 aliphatic rings. The van der Waals surface area contributed by atoms with E-state index in [-0.39, 0.29) is 6.42 Å². The molecular weight excluding hydrogens is 206 g/mol. The molecule has 1 aromatic rings. The molecule has 0 saturated carbocycles. The Morgan fingerprint density at radius 3 is 2.94 bits per heavy atom. The number of nitrogens with one attached hydrogen (secondary N) is 1. The fourth-order valence-corrected chi connectivity index (χ4v) is 1.35. The summed E-state index contributed by atoms with van der Waals surface area (Å²) in [7, 11) is 0. The van der Waals surface area contributed by atoms with E-state index in [2.05, 4.69) is 15.5 Å². The summed E-state index contributed by atoms with van der Waals surface area (Å²) in [5.41, 5.74) is 0.924. The number of hydrogen-bond donors (Lipinski definition) is 2. The van der Waals surface area contributed by atoms with E-state index in [1.807, 2.05) is 12.1 Å². The highest BCUT2D eigenvalue weighted by atomic mass is 16.4. The van der Waals surface area contributed by atoms with Crippen molar-refractivity contribution in [3.8, 4) is 0 Å². The van der Waals surface area contributed by atoms with Crippen LogP contribution in [0.3, 0.4) is 0 Å². The van der Waals surface area contributed by atoms with E-state index in [1.165, 1.54) is 0 Å². The highest BCUT2D eigenvalue weighted by molar-refractivity contribution is 5.66. The highest BCUT2D eigenvalue weighted by Crippen LogP contribution is 1.99. The molecule has 1 rings (SSSR count). The van der Waals surface area contributed by atoms with Gasteiger partial charge in [-0.05, 0) is 31.5 Å². The fraction of sp³-hybridized carbons (Fsp3) is 0.545. The lowest BCUT2D eigenvalue weighted by atomic mass is 10.2. The van der Waals surface area contributed by atoms with Crippen LogP contribution in [-0.4, -0.2) is 27.8 Å². The van der Waals surface area contributed by atoms with E-state index in [0.29, 0.717) is 6.54 Å². The monoisotopic (exact) mass is 223 g/mol. The van der Waals surface area contributed by atoms with Gasteiger partial charge in [-0.3, -0.25) is 4.79 Å². The zero-order valence-corrected chi connectivity index (χ0v) is 9.22. The molecule has 1 aromatic heterocycles. The third kappa shape index (κ3) is 6.08. The molecule has 1 heterocycles. The van der Waals surface area contributed by atoms with Gasteiger partial charge in [0.25, 0.3) is 0 Å². The minimum absolute atomic E-state index is 0.268. The van der Waals surface area contributed by atoms with Crippen molar-refractivity contribution in [2.75, 3.05) is 6.54 Å². The van der Waals surface area contributed by atoms with Gasteiger partial charge in [-0.25, -0.2) is 0 Å². The van der Waals surface area contributed by atoms with Crippen molar-refractivity contribution in [3.05, 3.63) is 24.0 Å². The van der Waals surface area contributed by atoms with E-state index in [1.54, 1.807) is 6.20 Å². The topological polar surface area (TPSA) is 75.1 Å².